The summed E-state index contributed by atoms with van der Waals surface area (Å²) in [5.41, 5.74) is 1.39. The molecule has 3 aromatic carbocycles. The van der Waals surface area contributed by atoms with E-state index < -0.39 is 17.7 Å². The minimum absolute atomic E-state index is 0.114. The summed E-state index contributed by atoms with van der Waals surface area (Å²) in [5.74, 6) is -1.11. The highest BCUT2D eigenvalue weighted by molar-refractivity contribution is 6.09. The molecule has 0 atom stereocenters. The van der Waals surface area contributed by atoms with Crippen LogP contribution in [0.2, 0.25) is 0 Å². The summed E-state index contributed by atoms with van der Waals surface area (Å²) in [6, 6.07) is 21.4. The number of ether oxygens (including phenoxy) is 1. The lowest BCUT2D eigenvalue weighted by Gasteiger charge is -2.09. The van der Waals surface area contributed by atoms with Crippen molar-refractivity contribution in [3.05, 3.63) is 101 Å². The second-order valence-corrected chi connectivity index (χ2v) is 5.58. The van der Waals surface area contributed by atoms with E-state index >= 15 is 0 Å². The number of halogens is 1. The highest BCUT2D eigenvalue weighted by Gasteiger charge is 2.15. The Morgan fingerprint density at radius 1 is 0.885 bits per heavy atom. The van der Waals surface area contributed by atoms with Crippen LogP contribution < -0.4 is 5.32 Å². The molecule has 0 fully saturated rings. The van der Waals surface area contributed by atoms with Gasteiger partial charge in [-0.3, -0.25) is 10.1 Å². The molecule has 0 radical (unpaired) electrons. The van der Waals surface area contributed by atoms with Gasteiger partial charge in [-0.2, -0.15) is 0 Å². The predicted octanol–water partition coefficient (Wildman–Crippen LogP) is 4.81. The second kappa shape index (κ2) is 8.07. The van der Waals surface area contributed by atoms with E-state index in [1.165, 1.54) is 12.1 Å². The third kappa shape index (κ3) is 4.33. The summed E-state index contributed by atoms with van der Waals surface area (Å²) >= 11 is 0. The molecule has 1 amide bonds. The van der Waals surface area contributed by atoms with Crippen LogP contribution >= 0.6 is 0 Å². The summed E-state index contributed by atoms with van der Waals surface area (Å²) in [6.07, 6.45) is -0.682. The second-order valence-electron chi connectivity index (χ2n) is 5.58. The molecule has 3 aromatic rings. The van der Waals surface area contributed by atoms with Gasteiger partial charge in [-0.05, 0) is 23.8 Å². The van der Waals surface area contributed by atoms with Crippen LogP contribution in [-0.2, 0) is 11.3 Å². The first kappa shape index (κ1) is 17.4. The molecule has 0 saturated carbocycles. The molecule has 3 rings (SSSR count). The first-order valence-electron chi connectivity index (χ1n) is 8.00. The Kier molecular flexibility index (Phi) is 5.39. The summed E-state index contributed by atoms with van der Waals surface area (Å²) in [4.78, 5) is 24.3. The van der Waals surface area contributed by atoms with Crippen LogP contribution in [0.15, 0.2) is 78.9 Å². The Morgan fingerprint density at radius 3 is 2.23 bits per heavy atom. The van der Waals surface area contributed by atoms with Crippen LogP contribution in [0.25, 0.3) is 0 Å². The lowest BCUT2D eigenvalue weighted by Crippen LogP contribution is -2.14. The maximum Gasteiger partial charge on any atom is 0.411 e. The van der Waals surface area contributed by atoms with Crippen LogP contribution in [-0.4, -0.2) is 11.9 Å². The SMILES string of the molecule is O=C(Nc1ccc(F)c(C(=O)c2ccccc2)c1)OCc1ccccc1. The van der Waals surface area contributed by atoms with Gasteiger partial charge in [0.05, 0.1) is 5.56 Å². The zero-order chi connectivity index (χ0) is 18.4. The van der Waals surface area contributed by atoms with E-state index in [1.807, 2.05) is 30.3 Å². The normalized spacial score (nSPS) is 10.2. The third-order valence-electron chi connectivity index (χ3n) is 3.71. The summed E-state index contributed by atoms with van der Waals surface area (Å²) in [5, 5.41) is 2.51. The van der Waals surface area contributed by atoms with E-state index in [0.29, 0.717) is 5.56 Å². The largest absolute Gasteiger partial charge is 0.444 e. The standard InChI is InChI=1S/C21H16FNO3/c22-19-12-11-17(13-18(19)20(24)16-9-5-2-6-10-16)23-21(25)26-14-15-7-3-1-4-8-15/h1-13H,14H2,(H,23,25). The monoisotopic (exact) mass is 349 g/mol. The van der Waals surface area contributed by atoms with Gasteiger partial charge in [-0.25, -0.2) is 9.18 Å². The molecule has 0 aliphatic carbocycles. The van der Waals surface area contributed by atoms with E-state index in [9.17, 15) is 14.0 Å². The Hall–Kier alpha value is -3.47. The molecule has 130 valence electrons. The van der Waals surface area contributed by atoms with Crippen LogP contribution in [0.1, 0.15) is 21.5 Å². The maximum atomic E-state index is 14.0. The molecule has 0 aromatic heterocycles. The zero-order valence-corrected chi connectivity index (χ0v) is 13.8. The van der Waals surface area contributed by atoms with Crippen LogP contribution in [0.5, 0.6) is 0 Å². The minimum atomic E-state index is -0.682. The van der Waals surface area contributed by atoms with E-state index in [2.05, 4.69) is 5.32 Å². The van der Waals surface area contributed by atoms with Crippen molar-refractivity contribution in [1.82, 2.24) is 0 Å². The van der Waals surface area contributed by atoms with Crippen LogP contribution in [0, 0.1) is 5.82 Å². The quantitative estimate of drug-likeness (QED) is 0.673. The van der Waals surface area contributed by atoms with Gasteiger partial charge in [-0.1, -0.05) is 60.7 Å². The average Bonchev–Trinajstić information content (AvgIpc) is 2.69. The summed E-state index contributed by atoms with van der Waals surface area (Å²) < 4.78 is 19.2. The zero-order valence-electron chi connectivity index (χ0n) is 13.8. The van der Waals surface area contributed by atoms with Gasteiger partial charge in [0.2, 0.25) is 0 Å². The molecule has 1 N–H and O–H groups in total. The van der Waals surface area contributed by atoms with Crippen molar-refractivity contribution in [3.8, 4) is 0 Å². The minimum Gasteiger partial charge on any atom is -0.444 e. The van der Waals surface area contributed by atoms with E-state index in [0.717, 1.165) is 11.6 Å². The number of rotatable bonds is 5. The number of carbonyl (C=O) groups is 2. The Labute approximate surface area is 150 Å². The first-order valence-corrected chi connectivity index (χ1v) is 8.00. The van der Waals surface area contributed by atoms with E-state index in [1.54, 1.807) is 30.3 Å². The van der Waals surface area contributed by atoms with Crippen molar-refractivity contribution in [2.45, 2.75) is 6.61 Å². The Balaban J connectivity index is 1.69. The number of hydrogen-bond donors (Lipinski definition) is 1. The van der Waals surface area contributed by atoms with Crippen molar-refractivity contribution in [3.63, 3.8) is 0 Å². The first-order chi connectivity index (χ1) is 12.6. The topological polar surface area (TPSA) is 55.4 Å². The van der Waals surface area contributed by atoms with Crippen LogP contribution in [0.3, 0.4) is 0 Å². The predicted molar refractivity (Wildman–Crippen MR) is 96.5 cm³/mol. The number of nitrogens with one attached hydrogen (secondary N) is 1. The average molecular weight is 349 g/mol. The maximum absolute atomic E-state index is 14.0. The molecule has 0 aliphatic heterocycles. The molecule has 0 bridgehead atoms. The van der Waals surface area contributed by atoms with Gasteiger partial charge in [0.15, 0.2) is 5.78 Å². The van der Waals surface area contributed by atoms with Crippen molar-refractivity contribution in [1.29, 1.82) is 0 Å². The molecule has 4 nitrogen and oxygen atoms in total. The smallest absolute Gasteiger partial charge is 0.411 e. The number of benzene rings is 3. The molecule has 0 unspecified atom stereocenters. The van der Waals surface area contributed by atoms with Crippen molar-refractivity contribution >= 4 is 17.6 Å². The fourth-order valence-corrected chi connectivity index (χ4v) is 2.40. The molecule has 0 aliphatic rings. The molecule has 5 heteroatoms. The fraction of sp³-hybridized carbons (Fsp3) is 0.0476. The fourth-order valence-electron chi connectivity index (χ4n) is 2.40. The highest BCUT2D eigenvalue weighted by Crippen LogP contribution is 2.19. The number of carbonyl (C=O) groups excluding carboxylic acids is 2. The highest BCUT2D eigenvalue weighted by atomic mass is 19.1. The Bertz CT molecular complexity index is 911. The van der Waals surface area contributed by atoms with Gasteiger partial charge in [0.25, 0.3) is 0 Å². The van der Waals surface area contributed by atoms with Gasteiger partial charge in [0, 0.05) is 11.3 Å². The summed E-state index contributed by atoms with van der Waals surface area (Å²) in [6.45, 7) is 0.115. The molecule has 0 spiro atoms. The van der Waals surface area contributed by atoms with Gasteiger partial charge in [0.1, 0.15) is 12.4 Å². The molecular weight excluding hydrogens is 333 g/mol. The number of hydrogen-bond acceptors (Lipinski definition) is 3. The van der Waals surface area contributed by atoms with E-state index in [-0.39, 0.29) is 17.9 Å². The van der Waals surface area contributed by atoms with Gasteiger partial charge < -0.3 is 4.74 Å². The number of amides is 1. The van der Waals surface area contributed by atoms with Crippen molar-refractivity contribution in [2.75, 3.05) is 5.32 Å². The number of anilines is 1. The Morgan fingerprint density at radius 2 is 1.54 bits per heavy atom. The molecular formula is C21H16FNO3. The molecule has 0 saturated heterocycles. The lowest BCUT2D eigenvalue weighted by atomic mass is 10.0. The van der Waals surface area contributed by atoms with Crippen molar-refractivity contribution in [2.24, 2.45) is 0 Å². The summed E-state index contributed by atoms with van der Waals surface area (Å²) in [7, 11) is 0. The molecule has 0 heterocycles. The van der Waals surface area contributed by atoms with Crippen LogP contribution in [0.4, 0.5) is 14.9 Å². The van der Waals surface area contributed by atoms with Gasteiger partial charge in [-0.15, -0.1) is 0 Å². The van der Waals surface area contributed by atoms with E-state index in [4.69, 9.17) is 4.74 Å². The molecule has 26 heavy (non-hydrogen) atoms. The van der Waals surface area contributed by atoms with Crippen molar-refractivity contribution < 1.29 is 18.7 Å². The lowest BCUT2D eigenvalue weighted by molar-refractivity contribution is 0.103. The third-order valence-corrected chi connectivity index (χ3v) is 3.71. The van der Waals surface area contributed by atoms with Gasteiger partial charge >= 0.3 is 6.09 Å². The number of ketones is 1.